The van der Waals surface area contributed by atoms with Crippen molar-refractivity contribution < 1.29 is 78.2 Å². The monoisotopic (exact) mass is 852 g/mol. The SMILES string of the molecule is CC(=O)O[C@@H](C[C@@H]1C=C(C)C(=O)O1)[C@H](C)[C@H]1CC[C@@H]2[C@@]3(C)CC[C@H](O[C@@H]4O[C@H](CO)[C@@H](O)[C@H](O)[C@H]4O[C@@H]4O[C@@H](C)[C@H](O)[C@@H](O)[C@H]4O)C(C)(C)[C@H]3CC[C@@]2(C)[C@@]12COC(=O)C2. The molecule has 3 saturated heterocycles. The molecule has 340 valence electrons. The summed E-state index contributed by atoms with van der Waals surface area (Å²) in [5.41, 5.74) is -0.995. The zero-order valence-electron chi connectivity index (χ0n) is 36.2. The van der Waals surface area contributed by atoms with Gasteiger partial charge < -0.3 is 63.8 Å². The number of cyclic esters (lactones) is 2. The van der Waals surface area contributed by atoms with E-state index in [-0.39, 0.29) is 59.5 Å². The van der Waals surface area contributed by atoms with E-state index < -0.39 is 103 Å². The van der Waals surface area contributed by atoms with E-state index in [1.165, 1.54) is 13.8 Å². The van der Waals surface area contributed by atoms with E-state index in [1.807, 2.05) is 0 Å². The molecule has 3 saturated carbocycles. The lowest BCUT2D eigenvalue weighted by atomic mass is 9.34. The minimum atomic E-state index is -1.68. The van der Waals surface area contributed by atoms with Gasteiger partial charge in [-0.25, -0.2) is 4.79 Å². The van der Waals surface area contributed by atoms with Gasteiger partial charge in [-0.2, -0.15) is 0 Å². The van der Waals surface area contributed by atoms with Gasteiger partial charge in [-0.3, -0.25) is 9.59 Å². The molecule has 3 aliphatic carbocycles. The van der Waals surface area contributed by atoms with Gasteiger partial charge >= 0.3 is 17.9 Å². The summed E-state index contributed by atoms with van der Waals surface area (Å²) in [5, 5.41) is 63.8. The Morgan fingerprint density at radius 2 is 1.60 bits per heavy atom. The Morgan fingerprint density at radius 1 is 0.883 bits per heavy atom. The molecule has 0 aromatic rings. The standard InChI is InChI=1S/C44H68O16/c1-20-15-24(57-38(20)53)16-26(56-23(4)46)21(2)25-9-10-29-42(7)13-12-30(41(5,6)28(42)11-14-43(29,8)44(25)17-31(47)54-19-44)59-40-37(35(51)33(49)27(18-45)58-40)60-39-36(52)34(50)32(48)22(3)55-39/h15,21-22,24-30,32-37,39-40,45,48-52H,9-14,16-19H2,1-8H3/t21-,22+,24+,25-,26+,27-,28-,29-,30+,32+,33-,34-,35+,36-,37-,39+,40+,42+,43-,44+/m1/s1. The van der Waals surface area contributed by atoms with Gasteiger partial charge in [0.15, 0.2) is 12.6 Å². The second-order valence-electron chi connectivity index (χ2n) is 20.3. The van der Waals surface area contributed by atoms with Crippen molar-refractivity contribution in [3.63, 3.8) is 0 Å². The zero-order chi connectivity index (χ0) is 43.9. The number of carbonyl (C=O) groups is 3. The molecule has 6 fully saturated rings. The fraction of sp³-hybridized carbons (Fsp3) is 0.886. The molecule has 1 spiro atoms. The molecule has 0 aromatic carbocycles. The summed E-state index contributed by atoms with van der Waals surface area (Å²) in [6.07, 6.45) is -8.62. The highest BCUT2D eigenvalue weighted by molar-refractivity contribution is 5.90. The van der Waals surface area contributed by atoms with E-state index in [2.05, 4.69) is 34.6 Å². The average Bonchev–Trinajstić information content (AvgIpc) is 3.73. The molecule has 0 aromatic heterocycles. The number of hydrogen-bond donors (Lipinski definition) is 6. The third-order valence-corrected chi connectivity index (χ3v) is 16.8. The molecule has 20 atom stereocenters. The van der Waals surface area contributed by atoms with Gasteiger partial charge in [-0.1, -0.05) is 34.6 Å². The molecule has 0 unspecified atom stereocenters. The third-order valence-electron chi connectivity index (χ3n) is 16.8. The van der Waals surface area contributed by atoms with Crippen LogP contribution >= 0.6 is 0 Å². The van der Waals surface area contributed by atoms with E-state index in [0.717, 1.165) is 32.1 Å². The van der Waals surface area contributed by atoms with Gasteiger partial charge in [-0.05, 0) is 98.4 Å². The fourth-order valence-electron chi connectivity index (χ4n) is 13.6. The van der Waals surface area contributed by atoms with Crippen LogP contribution in [0.3, 0.4) is 0 Å². The number of hydrogen-bond acceptors (Lipinski definition) is 16. The molecule has 7 rings (SSSR count). The summed E-state index contributed by atoms with van der Waals surface area (Å²) < 4.78 is 42.1. The summed E-state index contributed by atoms with van der Waals surface area (Å²) in [4.78, 5) is 38.1. The normalized spacial score (nSPS) is 48.6. The summed E-state index contributed by atoms with van der Waals surface area (Å²) in [5.74, 6) is -0.875. The second kappa shape index (κ2) is 16.7. The van der Waals surface area contributed by atoms with Crippen LogP contribution in [0.4, 0.5) is 0 Å². The van der Waals surface area contributed by atoms with Crippen LogP contribution in [0.5, 0.6) is 0 Å². The van der Waals surface area contributed by atoms with Crippen molar-refractivity contribution >= 4 is 17.9 Å². The lowest BCUT2D eigenvalue weighted by Crippen LogP contribution is -2.67. The topological polar surface area (TPSA) is 237 Å². The van der Waals surface area contributed by atoms with Gasteiger partial charge in [0.25, 0.3) is 0 Å². The van der Waals surface area contributed by atoms with E-state index in [0.29, 0.717) is 18.4 Å². The van der Waals surface area contributed by atoms with Gasteiger partial charge in [-0.15, -0.1) is 0 Å². The fourth-order valence-corrected chi connectivity index (χ4v) is 13.6. The van der Waals surface area contributed by atoms with Crippen molar-refractivity contribution in [1.82, 2.24) is 0 Å². The van der Waals surface area contributed by atoms with Crippen molar-refractivity contribution in [3.8, 4) is 0 Å². The van der Waals surface area contributed by atoms with E-state index in [4.69, 9.17) is 33.2 Å². The van der Waals surface area contributed by atoms with Crippen LogP contribution in [-0.2, 0) is 47.5 Å². The number of aliphatic hydroxyl groups excluding tert-OH is 6. The first kappa shape index (κ1) is 45.8. The molecule has 16 heteroatoms. The number of aliphatic hydroxyl groups is 6. The minimum Gasteiger partial charge on any atom is -0.465 e. The molecular weight excluding hydrogens is 784 g/mol. The van der Waals surface area contributed by atoms with Crippen molar-refractivity contribution in [2.75, 3.05) is 13.2 Å². The zero-order valence-corrected chi connectivity index (χ0v) is 36.2. The van der Waals surface area contributed by atoms with Crippen molar-refractivity contribution in [3.05, 3.63) is 11.6 Å². The predicted molar refractivity (Wildman–Crippen MR) is 209 cm³/mol. The van der Waals surface area contributed by atoms with E-state index in [1.54, 1.807) is 13.0 Å². The summed E-state index contributed by atoms with van der Waals surface area (Å²) in [6.45, 7) is 15.4. The smallest absolute Gasteiger partial charge is 0.334 e. The molecule has 7 aliphatic rings. The molecule has 60 heavy (non-hydrogen) atoms. The summed E-state index contributed by atoms with van der Waals surface area (Å²) in [6, 6.07) is 0. The first-order chi connectivity index (χ1) is 28.1. The molecule has 4 aliphatic heterocycles. The van der Waals surface area contributed by atoms with Gasteiger partial charge in [0.2, 0.25) is 0 Å². The van der Waals surface area contributed by atoms with E-state index >= 15 is 0 Å². The Labute approximate surface area is 352 Å². The third kappa shape index (κ3) is 7.55. The Kier molecular flexibility index (Phi) is 12.7. The molecule has 16 nitrogen and oxygen atoms in total. The molecule has 4 heterocycles. The second-order valence-corrected chi connectivity index (χ2v) is 20.3. The van der Waals surface area contributed by atoms with Gasteiger partial charge in [0.05, 0.1) is 31.8 Å². The molecular formula is C44H68O16. The van der Waals surface area contributed by atoms with Gasteiger partial charge in [0.1, 0.15) is 54.9 Å². The number of carbonyl (C=O) groups excluding carboxylic acids is 3. The van der Waals surface area contributed by atoms with Crippen molar-refractivity contribution in [1.29, 1.82) is 0 Å². The molecule has 0 radical (unpaired) electrons. The Balaban J connectivity index is 1.13. The Morgan fingerprint density at radius 3 is 2.22 bits per heavy atom. The highest BCUT2D eigenvalue weighted by Crippen LogP contribution is 2.74. The van der Waals surface area contributed by atoms with Crippen molar-refractivity contribution in [2.45, 2.75) is 186 Å². The highest BCUT2D eigenvalue weighted by atomic mass is 16.8. The first-order valence-corrected chi connectivity index (χ1v) is 21.9. The number of rotatable bonds is 10. The van der Waals surface area contributed by atoms with Crippen LogP contribution in [-0.4, -0.2) is 141 Å². The average molecular weight is 853 g/mol. The highest BCUT2D eigenvalue weighted by Gasteiger charge is 2.71. The quantitative estimate of drug-likeness (QED) is 0.105. The van der Waals surface area contributed by atoms with Crippen LogP contribution in [0, 0.1) is 45.3 Å². The van der Waals surface area contributed by atoms with Crippen molar-refractivity contribution in [2.24, 2.45) is 45.3 Å². The molecule has 6 N–H and O–H groups in total. The largest absolute Gasteiger partial charge is 0.465 e. The van der Waals surface area contributed by atoms with Crippen LogP contribution in [0.1, 0.15) is 107 Å². The van der Waals surface area contributed by atoms with Crippen LogP contribution in [0.25, 0.3) is 0 Å². The molecule has 0 bridgehead atoms. The van der Waals surface area contributed by atoms with Crippen LogP contribution in [0.15, 0.2) is 11.6 Å². The van der Waals surface area contributed by atoms with Crippen LogP contribution < -0.4 is 0 Å². The number of fused-ring (bicyclic) bond motifs is 4. The Hall–Kier alpha value is -2.25. The van der Waals surface area contributed by atoms with Crippen LogP contribution in [0.2, 0.25) is 0 Å². The first-order valence-electron chi connectivity index (χ1n) is 21.9. The maximum absolute atomic E-state index is 13.3. The maximum Gasteiger partial charge on any atom is 0.334 e. The summed E-state index contributed by atoms with van der Waals surface area (Å²) in [7, 11) is 0. The lowest BCUT2D eigenvalue weighted by molar-refractivity contribution is -0.376. The maximum atomic E-state index is 13.3. The van der Waals surface area contributed by atoms with Gasteiger partial charge in [0, 0.05) is 24.3 Å². The Bertz CT molecular complexity index is 1650. The minimum absolute atomic E-state index is 0.0229. The lowest BCUT2D eigenvalue weighted by Gasteiger charge is -2.70. The summed E-state index contributed by atoms with van der Waals surface area (Å²) >= 11 is 0. The van der Waals surface area contributed by atoms with E-state index in [9.17, 15) is 45.0 Å². The number of ether oxygens (including phenoxy) is 7. The predicted octanol–water partition coefficient (Wildman–Crippen LogP) is 2.06. The molecule has 0 amide bonds. The number of esters is 3.